The maximum Gasteiger partial charge on any atom is 0.334 e. The Balaban J connectivity index is 2.41. The molecule has 4 nitrogen and oxygen atoms in total. The van der Waals surface area contributed by atoms with Gasteiger partial charge < -0.3 is 10.0 Å². The Labute approximate surface area is 119 Å². The van der Waals surface area contributed by atoms with Crippen LogP contribution in [-0.4, -0.2) is 28.4 Å². The van der Waals surface area contributed by atoms with Crippen LogP contribution in [0.3, 0.4) is 0 Å². The summed E-state index contributed by atoms with van der Waals surface area (Å²) < 4.78 is 0. The van der Waals surface area contributed by atoms with Gasteiger partial charge in [0.2, 0.25) is 6.41 Å². The first-order chi connectivity index (χ1) is 9.41. The van der Waals surface area contributed by atoms with Crippen molar-refractivity contribution in [3.05, 3.63) is 35.4 Å². The van der Waals surface area contributed by atoms with Crippen LogP contribution in [0.2, 0.25) is 0 Å². The summed E-state index contributed by atoms with van der Waals surface area (Å²) in [6.45, 7) is 5.78. The van der Waals surface area contributed by atoms with Crippen molar-refractivity contribution in [3.63, 3.8) is 0 Å². The summed E-state index contributed by atoms with van der Waals surface area (Å²) in [5, 5.41) is 9.64. The molecule has 0 saturated heterocycles. The van der Waals surface area contributed by atoms with E-state index in [1.165, 1.54) is 4.90 Å². The van der Waals surface area contributed by atoms with Crippen LogP contribution in [0.1, 0.15) is 50.7 Å². The molecule has 1 N–H and O–H groups in total. The highest BCUT2D eigenvalue weighted by Gasteiger charge is 2.47. The summed E-state index contributed by atoms with van der Waals surface area (Å²) in [4.78, 5) is 24.6. The molecule has 108 valence electrons. The van der Waals surface area contributed by atoms with Crippen molar-refractivity contribution in [2.24, 2.45) is 0 Å². The van der Waals surface area contributed by atoms with E-state index in [1.54, 1.807) is 6.92 Å². The number of nitrogens with zero attached hydrogens (tertiary/aromatic N) is 1. The number of benzene rings is 1. The summed E-state index contributed by atoms with van der Waals surface area (Å²) in [6, 6.07) is 7.58. The summed E-state index contributed by atoms with van der Waals surface area (Å²) in [6.07, 6.45) is 2.43. The lowest BCUT2D eigenvalue weighted by Gasteiger charge is -2.36. The van der Waals surface area contributed by atoms with Gasteiger partial charge in [0.25, 0.3) is 0 Å². The number of carboxylic acid groups (broad SMARTS) is 1. The summed E-state index contributed by atoms with van der Waals surface area (Å²) >= 11 is 0. The van der Waals surface area contributed by atoms with Crippen LogP contribution in [0.15, 0.2) is 24.3 Å². The van der Waals surface area contributed by atoms with Crippen molar-refractivity contribution in [1.82, 2.24) is 4.90 Å². The second kappa shape index (κ2) is 5.27. The Morgan fingerprint density at radius 2 is 1.90 bits per heavy atom. The predicted octanol–water partition coefficient (Wildman–Crippen LogP) is 2.73. The molecule has 20 heavy (non-hydrogen) atoms. The van der Waals surface area contributed by atoms with Gasteiger partial charge in [-0.15, -0.1) is 0 Å². The number of amides is 1. The Kier molecular flexibility index (Phi) is 3.84. The van der Waals surface area contributed by atoms with Crippen LogP contribution < -0.4 is 0 Å². The third kappa shape index (κ3) is 2.42. The van der Waals surface area contributed by atoms with Gasteiger partial charge in [0, 0.05) is 6.04 Å². The van der Waals surface area contributed by atoms with E-state index in [-0.39, 0.29) is 6.04 Å². The van der Waals surface area contributed by atoms with Crippen molar-refractivity contribution in [2.45, 2.75) is 51.1 Å². The average molecular weight is 275 g/mol. The molecule has 0 aliphatic heterocycles. The lowest BCUT2D eigenvalue weighted by atomic mass is 9.88. The van der Waals surface area contributed by atoms with Gasteiger partial charge in [-0.05, 0) is 36.8 Å². The highest BCUT2D eigenvalue weighted by atomic mass is 16.4. The molecule has 0 aromatic heterocycles. The van der Waals surface area contributed by atoms with Crippen LogP contribution in [0.4, 0.5) is 0 Å². The van der Waals surface area contributed by atoms with E-state index in [0.717, 1.165) is 18.4 Å². The van der Waals surface area contributed by atoms with E-state index in [4.69, 9.17) is 0 Å². The Morgan fingerprint density at radius 1 is 1.35 bits per heavy atom. The largest absolute Gasteiger partial charge is 0.479 e. The number of hydrogen-bond acceptors (Lipinski definition) is 2. The van der Waals surface area contributed by atoms with Crippen LogP contribution in [-0.2, 0) is 15.1 Å². The molecule has 0 heterocycles. The molecule has 1 aliphatic rings. The van der Waals surface area contributed by atoms with E-state index in [2.05, 4.69) is 13.8 Å². The van der Waals surface area contributed by atoms with Gasteiger partial charge in [0.15, 0.2) is 5.54 Å². The minimum Gasteiger partial charge on any atom is -0.479 e. The Hall–Kier alpha value is -1.84. The van der Waals surface area contributed by atoms with E-state index in [1.807, 2.05) is 24.3 Å². The molecule has 1 aromatic rings. The molecule has 1 atom stereocenters. The number of carbonyl (C=O) groups is 2. The summed E-state index contributed by atoms with van der Waals surface area (Å²) in [5.74, 6) is -0.598. The standard InChI is InChI=1S/C16H21NO3/c1-11(2)12-4-6-13(7-5-12)16(3,15(19)20)17(10-18)14-8-9-14/h4-7,10-11,14H,8-9H2,1-3H3,(H,19,20). The smallest absolute Gasteiger partial charge is 0.334 e. The third-order valence-electron chi connectivity index (χ3n) is 4.13. The number of carboxylic acids is 1. The van der Waals surface area contributed by atoms with E-state index < -0.39 is 11.5 Å². The van der Waals surface area contributed by atoms with Crippen LogP contribution in [0.25, 0.3) is 0 Å². The number of carbonyl (C=O) groups excluding carboxylic acids is 1. The zero-order valence-electron chi connectivity index (χ0n) is 12.2. The van der Waals surface area contributed by atoms with Gasteiger partial charge in [0.1, 0.15) is 0 Å². The second-order valence-electron chi connectivity index (χ2n) is 5.90. The van der Waals surface area contributed by atoms with Crippen molar-refractivity contribution < 1.29 is 14.7 Å². The lowest BCUT2D eigenvalue weighted by molar-refractivity contribution is -0.155. The van der Waals surface area contributed by atoms with E-state index >= 15 is 0 Å². The van der Waals surface area contributed by atoms with Gasteiger partial charge >= 0.3 is 5.97 Å². The summed E-state index contributed by atoms with van der Waals surface area (Å²) in [5.41, 5.74) is 0.511. The predicted molar refractivity (Wildman–Crippen MR) is 76.4 cm³/mol. The molecular weight excluding hydrogens is 254 g/mol. The van der Waals surface area contributed by atoms with Crippen molar-refractivity contribution in [2.75, 3.05) is 0 Å². The number of rotatable bonds is 6. The molecule has 0 spiro atoms. The molecule has 1 amide bonds. The minimum absolute atomic E-state index is 0.0541. The van der Waals surface area contributed by atoms with Gasteiger partial charge in [-0.25, -0.2) is 4.79 Å². The minimum atomic E-state index is -1.29. The molecule has 1 aliphatic carbocycles. The lowest BCUT2D eigenvalue weighted by Crippen LogP contribution is -2.50. The zero-order valence-corrected chi connectivity index (χ0v) is 12.2. The first-order valence-corrected chi connectivity index (χ1v) is 6.98. The van der Waals surface area contributed by atoms with Crippen molar-refractivity contribution >= 4 is 12.4 Å². The quantitative estimate of drug-likeness (QED) is 0.812. The SMILES string of the molecule is CC(C)c1ccc(C(C)(C(=O)O)N(C=O)C2CC2)cc1. The number of hydrogen-bond donors (Lipinski definition) is 1. The van der Waals surface area contributed by atoms with Crippen LogP contribution >= 0.6 is 0 Å². The molecule has 4 heteroatoms. The normalized spacial score (nSPS) is 17.6. The van der Waals surface area contributed by atoms with Crippen molar-refractivity contribution in [3.8, 4) is 0 Å². The summed E-state index contributed by atoms with van der Waals surface area (Å²) in [7, 11) is 0. The molecule has 2 rings (SSSR count). The fourth-order valence-corrected chi connectivity index (χ4v) is 2.48. The fraction of sp³-hybridized carbons (Fsp3) is 0.500. The fourth-order valence-electron chi connectivity index (χ4n) is 2.48. The molecule has 1 unspecified atom stereocenters. The van der Waals surface area contributed by atoms with Gasteiger partial charge in [-0.3, -0.25) is 4.79 Å². The Morgan fingerprint density at radius 3 is 2.25 bits per heavy atom. The van der Waals surface area contributed by atoms with Crippen molar-refractivity contribution in [1.29, 1.82) is 0 Å². The van der Waals surface area contributed by atoms with E-state index in [9.17, 15) is 14.7 Å². The molecular formula is C16H21NO3. The van der Waals surface area contributed by atoms with Gasteiger partial charge in [-0.2, -0.15) is 0 Å². The maximum atomic E-state index is 11.8. The average Bonchev–Trinajstić information content (AvgIpc) is 3.23. The van der Waals surface area contributed by atoms with Gasteiger partial charge in [0.05, 0.1) is 0 Å². The topological polar surface area (TPSA) is 57.6 Å². The molecule has 1 aromatic carbocycles. The highest BCUT2D eigenvalue weighted by molar-refractivity contribution is 5.83. The molecule has 1 saturated carbocycles. The molecule has 1 fully saturated rings. The third-order valence-corrected chi connectivity index (χ3v) is 4.13. The first-order valence-electron chi connectivity index (χ1n) is 6.98. The van der Waals surface area contributed by atoms with Crippen LogP contribution in [0, 0.1) is 0 Å². The highest BCUT2D eigenvalue weighted by Crippen LogP contribution is 2.37. The molecule has 0 radical (unpaired) electrons. The number of aliphatic carboxylic acids is 1. The first kappa shape index (κ1) is 14.6. The van der Waals surface area contributed by atoms with Crippen LogP contribution in [0.5, 0.6) is 0 Å². The maximum absolute atomic E-state index is 11.8. The van der Waals surface area contributed by atoms with Gasteiger partial charge in [-0.1, -0.05) is 38.1 Å². The molecule has 0 bridgehead atoms. The Bertz CT molecular complexity index is 505. The monoisotopic (exact) mass is 275 g/mol. The second-order valence-corrected chi connectivity index (χ2v) is 5.90. The van der Waals surface area contributed by atoms with E-state index in [0.29, 0.717) is 17.9 Å². The zero-order chi connectivity index (χ0) is 14.9.